The van der Waals surface area contributed by atoms with Crippen molar-refractivity contribution in [1.29, 1.82) is 0 Å². The van der Waals surface area contributed by atoms with Gasteiger partial charge in [0.25, 0.3) is 0 Å². The van der Waals surface area contributed by atoms with Crippen molar-refractivity contribution in [2.45, 2.75) is 0 Å². The zero-order chi connectivity index (χ0) is 14.3. The van der Waals surface area contributed by atoms with Crippen LogP contribution in [0.25, 0.3) is 0 Å². The van der Waals surface area contributed by atoms with Crippen LogP contribution in [0.5, 0.6) is 0 Å². The number of hydrogen-bond donors (Lipinski definition) is 0. The summed E-state index contributed by atoms with van der Waals surface area (Å²) in [7, 11) is 0.481. The van der Waals surface area contributed by atoms with Crippen molar-refractivity contribution < 1.29 is 66.0 Å². The molecular formula is C12H40Ni4P4+4. The predicted molar refractivity (Wildman–Crippen MR) is 104 cm³/mol. The van der Waals surface area contributed by atoms with Gasteiger partial charge in [0, 0.05) is 146 Å². The van der Waals surface area contributed by atoms with Crippen LogP contribution in [0, 0.1) is 0 Å². The SMILES string of the molecule is C[PH+](C)C.C[PH+](C)C.C[PH+](C)C.C[PH+](C)C.[Ni].[Ni].[Ni].[Ni]. The van der Waals surface area contributed by atoms with Gasteiger partial charge in [0.15, 0.2) is 0 Å². The zero-order valence-electron chi connectivity index (χ0n) is 15.3. The molecule has 0 aliphatic carbocycles. The molecule has 0 spiro atoms. The van der Waals surface area contributed by atoms with Gasteiger partial charge in [0.2, 0.25) is 0 Å². The Morgan fingerprint density at radius 2 is 0.250 bits per heavy atom. The topological polar surface area (TPSA) is 0 Å². The van der Waals surface area contributed by atoms with Gasteiger partial charge in [-0.25, -0.2) is 0 Å². The van der Waals surface area contributed by atoms with Crippen LogP contribution < -0.4 is 0 Å². The summed E-state index contributed by atoms with van der Waals surface area (Å²) in [4.78, 5) is 0. The van der Waals surface area contributed by atoms with E-state index in [1.165, 1.54) is 0 Å². The predicted octanol–water partition coefficient (Wildman–Crippen LogP) is 4.35. The van der Waals surface area contributed by atoms with Crippen molar-refractivity contribution >= 4 is 31.7 Å². The summed E-state index contributed by atoms with van der Waals surface area (Å²) in [5, 5.41) is 0. The molecule has 0 fully saturated rings. The molecule has 0 N–H and O–H groups in total. The number of hydrogen-bond acceptors (Lipinski definition) is 0. The molecule has 0 saturated carbocycles. The van der Waals surface area contributed by atoms with Crippen molar-refractivity contribution in [2.75, 3.05) is 80.0 Å². The van der Waals surface area contributed by atoms with Gasteiger partial charge in [-0.3, -0.25) is 0 Å². The van der Waals surface area contributed by atoms with Crippen LogP contribution >= 0.6 is 31.7 Å². The maximum absolute atomic E-state index is 2.27. The molecule has 0 aliphatic rings. The molecule has 0 nitrogen and oxygen atoms in total. The van der Waals surface area contributed by atoms with Crippen LogP contribution in [0.3, 0.4) is 0 Å². The maximum atomic E-state index is 2.27. The fourth-order valence-electron chi connectivity index (χ4n) is 0. The minimum absolute atomic E-state index is 0. The van der Waals surface area contributed by atoms with Crippen molar-refractivity contribution in [2.24, 2.45) is 0 Å². The van der Waals surface area contributed by atoms with Gasteiger partial charge in [-0.2, -0.15) is 0 Å². The minimum atomic E-state index is 0. The fraction of sp³-hybridized carbons (Fsp3) is 1.00. The van der Waals surface area contributed by atoms with E-state index in [0.717, 1.165) is 0 Å². The van der Waals surface area contributed by atoms with Crippen LogP contribution in [0.4, 0.5) is 0 Å². The Balaban J connectivity index is -0.0000000150. The van der Waals surface area contributed by atoms with Crippen LogP contribution in [-0.2, 0) is 66.0 Å². The second-order valence-electron chi connectivity index (χ2n) is 6.00. The molecular weight excluding hydrogens is 503 g/mol. The third-order valence-electron chi connectivity index (χ3n) is 0. The first-order valence-corrected chi connectivity index (χ1v) is 18.0. The first-order valence-electron chi connectivity index (χ1n) is 6.00. The molecule has 0 heterocycles. The molecule has 0 bridgehead atoms. The minimum Gasteiger partial charge on any atom is -0.00840 e. The maximum Gasteiger partial charge on any atom is 0.0461 e. The quantitative estimate of drug-likeness (QED) is 0.315. The average molecular weight is 543 g/mol. The summed E-state index contributed by atoms with van der Waals surface area (Å²) in [6, 6.07) is 0. The molecule has 0 saturated heterocycles. The molecule has 0 unspecified atom stereocenters. The van der Waals surface area contributed by atoms with Crippen LogP contribution in [-0.4, -0.2) is 80.0 Å². The second-order valence-corrected chi connectivity index (χ2v) is 18.0. The normalized spacial score (nSPS) is 7.20. The van der Waals surface area contributed by atoms with E-state index >= 15 is 0 Å². The smallest absolute Gasteiger partial charge is 0.00840 e. The van der Waals surface area contributed by atoms with Gasteiger partial charge in [0.05, 0.1) is 0 Å². The van der Waals surface area contributed by atoms with Crippen molar-refractivity contribution in [1.82, 2.24) is 0 Å². The van der Waals surface area contributed by atoms with E-state index in [1.807, 2.05) is 0 Å². The van der Waals surface area contributed by atoms with Crippen LogP contribution in [0.2, 0.25) is 0 Å². The first-order chi connectivity index (χ1) is 6.93. The van der Waals surface area contributed by atoms with Crippen molar-refractivity contribution in [3.05, 3.63) is 0 Å². The number of rotatable bonds is 0. The molecule has 0 aliphatic heterocycles. The van der Waals surface area contributed by atoms with E-state index in [-0.39, 0.29) is 97.7 Å². The van der Waals surface area contributed by atoms with Crippen LogP contribution in [0.15, 0.2) is 0 Å². The van der Waals surface area contributed by atoms with E-state index in [4.69, 9.17) is 0 Å². The third-order valence-corrected chi connectivity index (χ3v) is 0. The summed E-state index contributed by atoms with van der Waals surface area (Å²) in [6.07, 6.45) is 0. The van der Waals surface area contributed by atoms with Gasteiger partial charge in [-0.05, 0) is 31.7 Å². The Morgan fingerprint density at radius 1 is 0.250 bits per heavy atom. The summed E-state index contributed by atoms with van der Waals surface area (Å²) < 4.78 is 0. The van der Waals surface area contributed by atoms with Gasteiger partial charge < -0.3 is 0 Å². The molecule has 0 aromatic carbocycles. The fourth-order valence-corrected chi connectivity index (χ4v) is 0. The third kappa shape index (κ3) is 681. The zero-order valence-corrected chi connectivity index (χ0v) is 23.2. The monoisotopic (exact) mass is 540 g/mol. The summed E-state index contributed by atoms with van der Waals surface area (Å²) in [5.41, 5.74) is 0. The van der Waals surface area contributed by atoms with E-state index < -0.39 is 0 Å². The van der Waals surface area contributed by atoms with Gasteiger partial charge in [0.1, 0.15) is 0 Å². The average Bonchev–Trinajstić information content (AvgIpc) is 1.76. The molecule has 0 aromatic rings. The first kappa shape index (κ1) is 49.5. The van der Waals surface area contributed by atoms with Crippen molar-refractivity contribution in [3.8, 4) is 0 Å². The van der Waals surface area contributed by atoms with E-state index in [0.29, 0.717) is 0 Å². The molecule has 0 rings (SSSR count). The van der Waals surface area contributed by atoms with Crippen molar-refractivity contribution in [3.63, 3.8) is 0 Å². The van der Waals surface area contributed by atoms with E-state index in [2.05, 4.69) is 80.0 Å². The molecule has 0 radical (unpaired) electrons. The van der Waals surface area contributed by atoms with Crippen LogP contribution in [0.1, 0.15) is 0 Å². The largest absolute Gasteiger partial charge is 0.0461 e. The molecule has 0 amide bonds. The van der Waals surface area contributed by atoms with E-state index in [9.17, 15) is 0 Å². The van der Waals surface area contributed by atoms with Gasteiger partial charge in [-0.1, -0.05) is 0 Å². The Kier molecular flexibility index (Phi) is 107. The summed E-state index contributed by atoms with van der Waals surface area (Å²) in [6.45, 7) is 27.2. The Morgan fingerprint density at radius 3 is 0.250 bits per heavy atom. The van der Waals surface area contributed by atoms with E-state index in [1.54, 1.807) is 0 Å². The Hall–Kier alpha value is 3.69. The Labute approximate surface area is 176 Å². The molecule has 8 heteroatoms. The van der Waals surface area contributed by atoms with Gasteiger partial charge >= 0.3 is 0 Å². The Bertz CT molecular complexity index is 70.4. The van der Waals surface area contributed by atoms with Gasteiger partial charge in [-0.15, -0.1) is 0 Å². The summed E-state index contributed by atoms with van der Waals surface area (Å²) in [5.74, 6) is 0. The molecule has 20 heavy (non-hydrogen) atoms. The molecule has 144 valence electrons. The molecule has 0 atom stereocenters. The standard InChI is InChI=1S/4C3H9P.4Ni/c4*1-4(2)3;;;;/h4*1-3H3;;;;/p+4. The summed E-state index contributed by atoms with van der Waals surface area (Å²) >= 11 is 0. The molecule has 0 aromatic heterocycles. The second kappa shape index (κ2) is 43.4.